The molecule has 0 unspecified atom stereocenters. The number of para-hydroxylation sites is 1. The Labute approximate surface area is 169 Å². The van der Waals surface area contributed by atoms with Gasteiger partial charge in [0, 0.05) is 5.56 Å². The number of ether oxygens (including phenoxy) is 1. The van der Waals surface area contributed by atoms with Crippen LogP contribution in [0.25, 0.3) is 6.08 Å². The molecule has 0 saturated heterocycles. The van der Waals surface area contributed by atoms with E-state index in [-0.39, 0.29) is 17.2 Å². The summed E-state index contributed by atoms with van der Waals surface area (Å²) in [5, 5.41) is 0. The Bertz CT molecular complexity index is 1330. The summed E-state index contributed by atoms with van der Waals surface area (Å²) in [5.74, 6) is -0.382. The quantitative estimate of drug-likeness (QED) is 0.654. The number of fused-ring (bicyclic) bond motifs is 6. The Balaban J connectivity index is 1.80. The Morgan fingerprint density at radius 2 is 1.97 bits per heavy atom. The number of aromatic nitrogens is 1. The molecule has 1 aromatic heterocycles. The van der Waals surface area contributed by atoms with Crippen molar-refractivity contribution >= 4 is 23.2 Å². The average Bonchev–Trinajstić information content (AvgIpc) is 2.96. The molecule has 5 nitrogen and oxygen atoms in total. The number of carbonyl (C=O) groups is 1. The first-order valence-electron chi connectivity index (χ1n) is 9.24. The van der Waals surface area contributed by atoms with Crippen LogP contribution in [0.2, 0.25) is 0 Å². The topological polar surface area (TPSA) is 60.7 Å². The van der Waals surface area contributed by atoms with Crippen molar-refractivity contribution in [2.75, 3.05) is 0 Å². The number of hydrogen-bond acceptors (Lipinski definition) is 5. The summed E-state index contributed by atoms with van der Waals surface area (Å²) in [4.78, 5) is 31.1. The lowest BCUT2D eigenvalue weighted by atomic mass is 9.79. The molecular weight excluding hydrogens is 391 g/mol. The number of carbonyl (C=O) groups excluding carboxylic acids is 1. The minimum Gasteiger partial charge on any atom is -0.465 e. The number of thiazole rings is 1. The van der Waals surface area contributed by atoms with Gasteiger partial charge in [0.1, 0.15) is 23.3 Å². The molecule has 0 radical (unpaired) electrons. The molecule has 0 amide bonds. The summed E-state index contributed by atoms with van der Waals surface area (Å²) < 4.78 is 21.4. The molecule has 7 heteroatoms. The zero-order chi connectivity index (χ0) is 20.3. The van der Waals surface area contributed by atoms with E-state index in [0.717, 1.165) is 11.1 Å². The first kappa shape index (κ1) is 18.0. The molecule has 5 rings (SSSR count). The zero-order valence-corrected chi connectivity index (χ0v) is 16.6. The number of hydrogen-bond donors (Lipinski definition) is 0. The fourth-order valence-corrected chi connectivity index (χ4v) is 5.37. The van der Waals surface area contributed by atoms with Gasteiger partial charge in [-0.25, -0.2) is 9.38 Å². The highest BCUT2D eigenvalue weighted by atomic mass is 32.1. The van der Waals surface area contributed by atoms with Gasteiger partial charge in [-0.05, 0) is 43.7 Å². The lowest BCUT2D eigenvalue weighted by Crippen LogP contribution is -2.58. The van der Waals surface area contributed by atoms with Gasteiger partial charge in [0.25, 0.3) is 5.56 Å². The molecule has 29 heavy (non-hydrogen) atoms. The van der Waals surface area contributed by atoms with Gasteiger partial charge in [0.15, 0.2) is 4.80 Å². The van der Waals surface area contributed by atoms with Crippen LogP contribution in [0.4, 0.5) is 4.39 Å². The van der Waals surface area contributed by atoms with E-state index in [1.54, 1.807) is 29.7 Å². The molecule has 0 saturated carbocycles. The number of benzene rings is 2. The fraction of sp³-hybridized carbons (Fsp3) is 0.227. The van der Waals surface area contributed by atoms with E-state index in [0.29, 0.717) is 15.1 Å². The van der Waals surface area contributed by atoms with Crippen LogP contribution >= 0.6 is 11.3 Å². The predicted molar refractivity (Wildman–Crippen MR) is 107 cm³/mol. The summed E-state index contributed by atoms with van der Waals surface area (Å²) >= 11 is 1.25. The second-order valence-electron chi connectivity index (χ2n) is 7.46. The predicted octanol–water partition coefficient (Wildman–Crippen LogP) is 2.41. The lowest BCUT2D eigenvalue weighted by molar-refractivity contribution is -0.132. The summed E-state index contributed by atoms with van der Waals surface area (Å²) in [5.41, 5.74) is 0.231. The van der Waals surface area contributed by atoms with Gasteiger partial charge in [-0.15, -0.1) is 0 Å². The van der Waals surface area contributed by atoms with Crippen LogP contribution < -0.4 is 19.6 Å². The maximum absolute atomic E-state index is 13.3. The third-order valence-corrected chi connectivity index (χ3v) is 6.47. The van der Waals surface area contributed by atoms with Crippen LogP contribution in [0.15, 0.2) is 58.3 Å². The van der Waals surface area contributed by atoms with E-state index >= 15 is 0 Å². The number of rotatable bonds is 2. The van der Waals surface area contributed by atoms with E-state index in [4.69, 9.17) is 9.73 Å². The molecule has 146 valence electrons. The highest BCUT2D eigenvalue weighted by Gasteiger charge is 2.53. The molecule has 2 aliphatic rings. The molecule has 0 aliphatic carbocycles. The molecule has 2 aliphatic heterocycles. The van der Waals surface area contributed by atoms with Gasteiger partial charge in [-0.2, -0.15) is 0 Å². The maximum atomic E-state index is 13.3. The van der Waals surface area contributed by atoms with Crippen molar-refractivity contribution in [2.24, 2.45) is 10.9 Å². The van der Waals surface area contributed by atoms with Crippen molar-refractivity contribution in [2.45, 2.75) is 25.6 Å². The van der Waals surface area contributed by atoms with E-state index in [2.05, 4.69) is 0 Å². The van der Waals surface area contributed by atoms with Gasteiger partial charge >= 0.3 is 0 Å². The fourth-order valence-electron chi connectivity index (χ4n) is 4.27. The number of nitrogens with zero attached hydrogens (tertiary/aromatic N) is 2. The zero-order valence-electron chi connectivity index (χ0n) is 15.8. The third-order valence-electron chi connectivity index (χ3n) is 5.49. The molecular formula is C22H17FN2O3S. The highest BCUT2D eigenvalue weighted by molar-refractivity contribution is 7.07. The van der Waals surface area contributed by atoms with Gasteiger partial charge < -0.3 is 4.74 Å². The summed E-state index contributed by atoms with van der Waals surface area (Å²) in [6.07, 6.45) is 1.72. The first-order chi connectivity index (χ1) is 13.9. The van der Waals surface area contributed by atoms with Crippen LogP contribution in [0.1, 0.15) is 31.0 Å². The Kier molecular flexibility index (Phi) is 3.86. The van der Waals surface area contributed by atoms with Crippen molar-refractivity contribution in [3.8, 4) is 5.75 Å². The molecule has 3 heterocycles. The second kappa shape index (κ2) is 6.22. The number of ketones is 1. The van der Waals surface area contributed by atoms with Crippen LogP contribution in [-0.4, -0.2) is 16.1 Å². The molecule has 0 fully saturated rings. The summed E-state index contributed by atoms with van der Waals surface area (Å²) in [6.45, 7) is 3.30. The Hall–Kier alpha value is -3.06. The third kappa shape index (κ3) is 2.68. The van der Waals surface area contributed by atoms with E-state index in [1.807, 2.05) is 24.3 Å². The van der Waals surface area contributed by atoms with Gasteiger partial charge in [-0.3, -0.25) is 14.2 Å². The van der Waals surface area contributed by atoms with Crippen LogP contribution in [0, 0.1) is 11.7 Å². The van der Waals surface area contributed by atoms with Crippen molar-refractivity contribution < 1.29 is 13.9 Å². The summed E-state index contributed by atoms with van der Waals surface area (Å²) in [6, 6.07) is 12.9. The molecule has 0 spiro atoms. The van der Waals surface area contributed by atoms with Crippen molar-refractivity contribution in [1.82, 2.24) is 4.57 Å². The normalized spacial score (nSPS) is 24.9. The summed E-state index contributed by atoms with van der Waals surface area (Å²) in [7, 11) is 0. The second-order valence-corrected chi connectivity index (χ2v) is 8.47. The van der Waals surface area contributed by atoms with Crippen molar-refractivity contribution in [1.29, 1.82) is 0 Å². The Morgan fingerprint density at radius 1 is 1.24 bits per heavy atom. The number of Topliss-reactive ketones (excluding diaryl/α,β-unsaturated/α-hetero) is 1. The SMILES string of the molecule is CC(=O)[C@@H]1[C@H]2c3ccccc3O[C@]1(C)N=c1s/c(=C\c3ccc(F)cc3)c(=O)n12. The molecule has 2 bridgehead atoms. The van der Waals surface area contributed by atoms with Crippen molar-refractivity contribution in [3.05, 3.63) is 85.2 Å². The highest BCUT2D eigenvalue weighted by Crippen LogP contribution is 2.47. The number of halogens is 1. The molecule has 3 aromatic rings. The monoisotopic (exact) mass is 408 g/mol. The van der Waals surface area contributed by atoms with Gasteiger partial charge in [0.05, 0.1) is 10.6 Å². The lowest BCUT2D eigenvalue weighted by Gasteiger charge is -2.45. The molecule has 0 N–H and O–H groups in total. The Morgan fingerprint density at radius 3 is 2.69 bits per heavy atom. The minimum absolute atomic E-state index is 0.0800. The van der Waals surface area contributed by atoms with Gasteiger partial charge in [-0.1, -0.05) is 41.7 Å². The van der Waals surface area contributed by atoms with E-state index in [1.165, 1.54) is 30.4 Å². The van der Waals surface area contributed by atoms with E-state index in [9.17, 15) is 14.0 Å². The van der Waals surface area contributed by atoms with Crippen LogP contribution in [-0.2, 0) is 4.79 Å². The maximum Gasteiger partial charge on any atom is 0.270 e. The largest absolute Gasteiger partial charge is 0.465 e. The van der Waals surface area contributed by atoms with Crippen LogP contribution in [0.3, 0.4) is 0 Å². The van der Waals surface area contributed by atoms with Crippen LogP contribution in [0.5, 0.6) is 5.75 Å². The minimum atomic E-state index is -1.07. The first-order valence-corrected chi connectivity index (χ1v) is 10.1. The van der Waals surface area contributed by atoms with Crippen molar-refractivity contribution in [3.63, 3.8) is 0 Å². The molecule has 2 aromatic carbocycles. The standard InChI is InChI=1S/C22H17FN2O3S/c1-12(26)18-19-15-5-3-4-6-16(15)28-22(18,2)24-21-25(19)20(27)17(29-21)11-13-7-9-14(23)10-8-13/h3-11,18-19H,1-2H3/b17-11-/t18-,19-,22+/m1/s1. The smallest absolute Gasteiger partial charge is 0.270 e. The molecule has 3 atom stereocenters. The van der Waals surface area contributed by atoms with E-state index < -0.39 is 17.7 Å². The van der Waals surface area contributed by atoms with Gasteiger partial charge in [0.2, 0.25) is 5.72 Å². The average molecular weight is 408 g/mol.